The number of amidine groups is 1. The van der Waals surface area contributed by atoms with Crippen LogP contribution >= 0.6 is 11.3 Å². The fourth-order valence-corrected chi connectivity index (χ4v) is 4.53. The van der Waals surface area contributed by atoms with Crippen LogP contribution in [0, 0.1) is 0 Å². The number of rotatable bonds is 2. The first-order valence-corrected chi connectivity index (χ1v) is 8.94. The van der Waals surface area contributed by atoms with E-state index < -0.39 is 10.0 Å². The van der Waals surface area contributed by atoms with Crippen LogP contribution in [0.1, 0.15) is 10.6 Å². The van der Waals surface area contributed by atoms with E-state index in [0.29, 0.717) is 17.9 Å². The summed E-state index contributed by atoms with van der Waals surface area (Å²) in [6, 6.07) is 14.7. The molecule has 110 valence electrons. The highest BCUT2D eigenvalue weighted by atomic mass is 32.2. The molecular formula is C15H11N3O2S2. The lowest BCUT2D eigenvalue weighted by Crippen LogP contribution is -2.22. The van der Waals surface area contributed by atoms with Crippen LogP contribution in [0.2, 0.25) is 0 Å². The Kier molecular flexibility index (Phi) is 2.98. The fourth-order valence-electron chi connectivity index (χ4n) is 2.39. The molecule has 3 aromatic rings. The Labute approximate surface area is 131 Å². The second-order valence-electron chi connectivity index (χ2n) is 4.84. The summed E-state index contributed by atoms with van der Waals surface area (Å²) in [5, 5.41) is 0.859. The van der Waals surface area contributed by atoms with Crippen molar-refractivity contribution in [3.05, 3.63) is 59.1 Å². The van der Waals surface area contributed by atoms with Crippen molar-refractivity contribution < 1.29 is 8.42 Å². The molecule has 0 bridgehead atoms. The standard InChI is InChI=1S/C15H11N3O2S2/c19-22(20)13-8-4-1-5-10(13)15(18-22)16-9-14-17-11-6-2-3-7-12(11)21-14/h1-8H,9H2,(H,16,18). The summed E-state index contributed by atoms with van der Waals surface area (Å²) in [5.41, 5.74) is 1.55. The van der Waals surface area contributed by atoms with Crippen LogP contribution in [0.25, 0.3) is 10.2 Å². The van der Waals surface area contributed by atoms with Crippen molar-refractivity contribution in [1.29, 1.82) is 0 Å². The smallest absolute Gasteiger partial charge is 0.263 e. The largest absolute Gasteiger partial charge is 0.263 e. The zero-order chi connectivity index (χ0) is 15.2. The molecule has 0 radical (unpaired) electrons. The van der Waals surface area contributed by atoms with Gasteiger partial charge in [0, 0.05) is 5.56 Å². The molecule has 0 atom stereocenters. The van der Waals surface area contributed by atoms with Crippen molar-refractivity contribution in [2.45, 2.75) is 11.4 Å². The number of hydrogen-bond donors (Lipinski definition) is 1. The van der Waals surface area contributed by atoms with Gasteiger partial charge in [-0.1, -0.05) is 24.3 Å². The van der Waals surface area contributed by atoms with Crippen LogP contribution in [-0.2, 0) is 16.6 Å². The van der Waals surface area contributed by atoms with Crippen LogP contribution in [-0.4, -0.2) is 19.2 Å². The molecule has 5 nitrogen and oxygen atoms in total. The van der Waals surface area contributed by atoms with Crippen LogP contribution < -0.4 is 4.72 Å². The Hall–Kier alpha value is -2.25. The quantitative estimate of drug-likeness (QED) is 0.785. The van der Waals surface area contributed by atoms with E-state index in [-0.39, 0.29) is 4.90 Å². The summed E-state index contributed by atoms with van der Waals surface area (Å²) < 4.78 is 27.6. The van der Waals surface area contributed by atoms with Crippen molar-refractivity contribution in [3.63, 3.8) is 0 Å². The number of nitrogens with one attached hydrogen (secondary N) is 1. The molecule has 0 unspecified atom stereocenters. The Bertz CT molecular complexity index is 973. The molecule has 0 fully saturated rings. The minimum absolute atomic E-state index is 0.276. The van der Waals surface area contributed by atoms with Crippen LogP contribution in [0.15, 0.2) is 58.4 Å². The lowest BCUT2D eigenvalue weighted by molar-refractivity contribution is 0.595. The highest BCUT2D eigenvalue weighted by Gasteiger charge is 2.29. The molecule has 2 heterocycles. The third-order valence-corrected chi connectivity index (χ3v) is 5.79. The molecule has 0 saturated carbocycles. The zero-order valence-electron chi connectivity index (χ0n) is 11.4. The number of sulfonamides is 1. The molecule has 1 N–H and O–H groups in total. The average Bonchev–Trinajstić information content (AvgIpc) is 3.04. The van der Waals surface area contributed by atoms with E-state index in [0.717, 1.165) is 15.2 Å². The number of hydrogen-bond acceptors (Lipinski definition) is 5. The molecule has 1 aliphatic heterocycles. The molecule has 2 aromatic carbocycles. The molecule has 0 aliphatic carbocycles. The first kappa shape index (κ1) is 13.4. The first-order chi connectivity index (χ1) is 10.6. The summed E-state index contributed by atoms with van der Waals surface area (Å²) >= 11 is 1.57. The van der Waals surface area contributed by atoms with Gasteiger partial charge < -0.3 is 0 Å². The van der Waals surface area contributed by atoms with E-state index >= 15 is 0 Å². The topological polar surface area (TPSA) is 71.4 Å². The number of fused-ring (bicyclic) bond motifs is 2. The SMILES string of the molecule is O=S1(=O)NC(=NCc2nc3ccccc3s2)c2ccccc21. The fraction of sp³-hybridized carbons (Fsp3) is 0.0667. The molecule has 4 rings (SSSR count). The van der Waals surface area contributed by atoms with Gasteiger partial charge in [0.25, 0.3) is 10.0 Å². The van der Waals surface area contributed by atoms with Crippen LogP contribution in [0.3, 0.4) is 0 Å². The van der Waals surface area contributed by atoms with Gasteiger partial charge in [-0.25, -0.2) is 13.4 Å². The Balaban J connectivity index is 1.69. The van der Waals surface area contributed by atoms with Crippen molar-refractivity contribution in [2.24, 2.45) is 4.99 Å². The van der Waals surface area contributed by atoms with Gasteiger partial charge in [0.05, 0.1) is 21.7 Å². The molecule has 7 heteroatoms. The molecule has 1 aromatic heterocycles. The van der Waals surface area contributed by atoms with E-state index in [1.807, 2.05) is 24.3 Å². The molecular weight excluding hydrogens is 318 g/mol. The maximum absolute atomic E-state index is 12.0. The zero-order valence-corrected chi connectivity index (χ0v) is 13.0. The van der Waals surface area contributed by atoms with E-state index in [1.165, 1.54) is 0 Å². The second-order valence-corrected chi connectivity index (χ2v) is 7.61. The van der Waals surface area contributed by atoms with E-state index in [4.69, 9.17) is 0 Å². The van der Waals surface area contributed by atoms with Crippen LogP contribution in [0.5, 0.6) is 0 Å². The molecule has 1 aliphatic rings. The minimum Gasteiger partial charge on any atom is -0.263 e. The highest BCUT2D eigenvalue weighted by Crippen LogP contribution is 2.24. The van der Waals surface area contributed by atoms with Crippen molar-refractivity contribution >= 4 is 37.4 Å². The van der Waals surface area contributed by atoms with Gasteiger partial charge in [0.2, 0.25) is 0 Å². The Morgan fingerprint density at radius 1 is 1.09 bits per heavy atom. The Morgan fingerprint density at radius 3 is 2.73 bits per heavy atom. The van der Waals surface area contributed by atoms with Crippen molar-refractivity contribution in [2.75, 3.05) is 0 Å². The third-order valence-electron chi connectivity index (χ3n) is 3.37. The number of aliphatic imine (C=N–C) groups is 1. The monoisotopic (exact) mass is 329 g/mol. The van der Waals surface area contributed by atoms with Crippen LogP contribution in [0.4, 0.5) is 0 Å². The summed E-state index contributed by atoms with van der Waals surface area (Å²) in [7, 11) is -3.48. The summed E-state index contributed by atoms with van der Waals surface area (Å²) in [5.74, 6) is 0.384. The molecule has 0 amide bonds. The molecule has 22 heavy (non-hydrogen) atoms. The number of benzene rings is 2. The van der Waals surface area contributed by atoms with Crippen molar-refractivity contribution in [3.8, 4) is 0 Å². The third kappa shape index (κ3) is 2.18. The van der Waals surface area contributed by atoms with Gasteiger partial charge >= 0.3 is 0 Å². The maximum atomic E-state index is 12.0. The summed E-state index contributed by atoms with van der Waals surface area (Å²) in [4.78, 5) is 9.18. The maximum Gasteiger partial charge on any atom is 0.263 e. The second kappa shape index (κ2) is 4.89. The molecule has 0 saturated heterocycles. The van der Waals surface area contributed by atoms with E-state index in [1.54, 1.807) is 35.6 Å². The predicted octanol–water partition coefficient (Wildman–Crippen LogP) is 2.54. The summed E-state index contributed by atoms with van der Waals surface area (Å²) in [6.45, 7) is 0.353. The number of para-hydroxylation sites is 1. The van der Waals surface area contributed by atoms with Gasteiger partial charge in [0.15, 0.2) is 0 Å². The van der Waals surface area contributed by atoms with Gasteiger partial charge in [-0.05, 0) is 24.3 Å². The van der Waals surface area contributed by atoms with E-state index in [2.05, 4.69) is 14.7 Å². The molecule has 0 spiro atoms. The number of nitrogens with zero attached hydrogens (tertiary/aromatic N) is 2. The summed E-state index contributed by atoms with van der Waals surface area (Å²) in [6.07, 6.45) is 0. The van der Waals surface area contributed by atoms with Gasteiger partial charge in [-0.2, -0.15) is 0 Å². The number of thiazole rings is 1. The average molecular weight is 329 g/mol. The predicted molar refractivity (Wildman–Crippen MR) is 86.6 cm³/mol. The lowest BCUT2D eigenvalue weighted by Gasteiger charge is -1.97. The Morgan fingerprint density at radius 2 is 1.86 bits per heavy atom. The van der Waals surface area contributed by atoms with Gasteiger partial charge in [-0.15, -0.1) is 11.3 Å². The van der Waals surface area contributed by atoms with Gasteiger partial charge in [0.1, 0.15) is 10.8 Å². The van der Waals surface area contributed by atoms with E-state index in [9.17, 15) is 8.42 Å². The first-order valence-electron chi connectivity index (χ1n) is 6.65. The van der Waals surface area contributed by atoms with Crippen molar-refractivity contribution in [1.82, 2.24) is 9.71 Å². The minimum atomic E-state index is -3.48. The number of aromatic nitrogens is 1. The highest BCUT2D eigenvalue weighted by molar-refractivity contribution is 7.90. The van der Waals surface area contributed by atoms with Gasteiger partial charge in [-0.3, -0.25) is 9.71 Å². The lowest BCUT2D eigenvalue weighted by atomic mass is 10.2. The normalized spacial score (nSPS) is 17.5.